The second-order valence-corrected chi connectivity index (χ2v) is 11.6. The van der Waals surface area contributed by atoms with Crippen molar-refractivity contribution in [2.75, 3.05) is 49.2 Å². The number of hydrogen-bond acceptors (Lipinski definition) is 9. The Labute approximate surface area is 282 Å². The van der Waals surface area contributed by atoms with E-state index in [-0.39, 0.29) is 25.4 Å². The van der Waals surface area contributed by atoms with Crippen molar-refractivity contribution in [1.82, 2.24) is 9.80 Å². The van der Waals surface area contributed by atoms with E-state index in [1.54, 1.807) is 73.5 Å². The second kappa shape index (κ2) is 15.7. The van der Waals surface area contributed by atoms with Gasteiger partial charge in [-0.25, -0.2) is 4.79 Å². The van der Waals surface area contributed by atoms with Gasteiger partial charge in [-0.3, -0.25) is 9.69 Å². The molecule has 0 bridgehead atoms. The molecule has 11 heteroatoms. The molecule has 0 aliphatic carbocycles. The molecule has 3 aromatic rings. The van der Waals surface area contributed by atoms with Crippen molar-refractivity contribution in [2.45, 2.75) is 52.8 Å². The predicted octanol–water partition coefficient (Wildman–Crippen LogP) is 6.20. The molecule has 48 heavy (non-hydrogen) atoms. The highest BCUT2D eigenvalue weighted by Gasteiger charge is 2.42. The molecular weight excluding hydrogens is 616 g/mol. The lowest BCUT2D eigenvalue weighted by molar-refractivity contribution is -0.138. The van der Waals surface area contributed by atoms with Crippen LogP contribution in [0.1, 0.15) is 41.7 Å². The summed E-state index contributed by atoms with van der Waals surface area (Å²) in [7, 11) is 9.37. The molecular formula is C37H46N2O9. The quantitative estimate of drug-likeness (QED) is 0.224. The van der Waals surface area contributed by atoms with Crippen LogP contribution in [0.5, 0.6) is 34.5 Å². The van der Waals surface area contributed by atoms with E-state index < -0.39 is 18.2 Å². The minimum Gasteiger partial charge on any atom is -0.496 e. The van der Waals surface area contributed by atoms with Crippen LogP contribution in [-0.2, 0) is 22.5 Å². The number of methoxy groups -OCH3 is 6. The van der Waals surface area contributed by atoms with E-state index in [1.165, 1.54) is 4.90 Å². The molecule has 1 aliphatic heterocycles. The number of rotatable bonds is 12. The summed E-state index contributed by atoms with van der Waals surface area (Å²) in [5.74, 6) is 2.86. The number of carbonyl (C=O) groups is 2. The highest BCUT2D eigenvalue weighted by molar-refractivity contribution is 5.90. The van der Waals surface area contributed by atoms with Crippen LogP contribution in [0.3, 0.4) is 0 Å². The van der Waals surface area contributed by atoms with E-state index in [0.29, 0.717) is 56.9 Å². The maximum absolute atomic E-state index is 14.8. The zero-order chi connectivity index (χ0) is 35.1. The van der Waals surface area contributed by atoms with Crippen molar-refractivity contribution in [3.05, 3.63) is 76.0 Å². The van der Waals surface area contributed by atoms with Gasteiger partial charge in [0.2, 0.25) is 5.91 Å². The summed E-state index contributed by atoms with van der Waals surface area (Å²) >= 11 is 0. The minimum absolute atomic E-state index is 0.0694. The van der Waals surface area contributed by atoms with Crippen molar-refractivity contribution < 1.29 is 42.7 Å². The molecule has 1 heterocycles. The van der Waals surface area contributed by atoms with Crippen LogP contribution in [0.2, 0.25) is 0 Å². The minimum atomic E-state index is -0.933. The Balaban J connectivity index is 1.92. The number of carbonyl (C=O) groups excluding carboxylic acids is 2. The summed E-state index contributed by atoms with van der Waals surface area (Å²) < 4.78 is 39.8. The number of benzene rings is 3. The Morgan fingerprint density at radius 3 is 1.92 bits per heavy atom. The first-order chi connectivity index (χ1) is 23.0. The number of nitrogens with zero attached hydrogens (tertiary/aromatic N) is 2. The van der Waals surface area contributed by atoms with Crippen LogP contribution in [0.25, 0.3) is 6.08 Å². The standard InChI is InChI=1S/C37H46N2O9/c1-22(2)48-37(41)39-21-28(16-26-18-30(42-5)34(46-9)23(3)32(26)44-7)38(20-25-14-12-11-13-15-25)36(40)29(39)17-27-19-31(43-6)35(47-10)24(4)33(27)45-8/h11-16,18-19,22,29H,17,20-21H2,1-10H3/b28-16-. The van der Waals surface area contributed by atoms with Gasteiger partial charge in [-0.2, -0.15) is 0 Å². The monoisotopic (exact) mass is 662 g/mol. The van der Waals surface area contributed by atoms with Crippen LogP contribution >= 0.6 is 0 Å². The molecule has 4 rings (SSSR count). The summed E-state index contributed by atoms with van der Waals surface area (Å²) in [4.78, 5) is 31.8. The molecule has 0 spiro atoms. The van der Waals surface area contributed by atoms with E-state index in [1.807, 2.05) is 50.3 Å². The summed E-state index contributed by atoms with van der Waals surface area (Å²) in [6, 6.07) is 12.3. The Kier molecular flexibility index (Phi) is 11.7. The molecule has 1 fully saturated rings. The van der Waals surface area contributed by atoms with Gasteiger partial charge in [0.1, 0.15) is 17.5 Å². The second-order valence-electron chi connectivity index (χ2n) is 11.6. The van der Waals surface area contributed by atoms with E-state index in [0.717, 1.165) is 11.1 Å². The first-order valence-electron chi connectivity index (χ1n) is 15.6. The van der Waals surface area contributed by atoms with E-state index in [2.05, 4.69) is 0 Å². The van der Waals surface area contributed by atoms with Crippen molar-refractivity contribution in [2.24, 2.45) is 0 Å². The smallest absolute Gasteiger partial charge is 0.411 e. The average Bonchev–Trinajstić information content (AvgIpc) is 3.07. The number of amides is 2. The van der Waals surface area contributed by atoms with Gasteiger partial charge < -0.3 is 38.1 Å². The Morgan fingerprint density at radius 2 is 1.38 bits per heavy atom. The van der Waals surface area contributed by atoms with Crippen LogP contribution in [-0.4, -0.2) is 83.1 Å². The van der Waals surface area contributed by atoms with E-state index in [9.17, 15) is 9.59 Å². The summed E-state index contributed by atoms with van der Waals surface area (Å²) in [5, 5.41) is 0. The normalized spacial score (nSPS) is 15.4. The predicted molar refractivity (Wildman–Crippen MR) is 182 cm³/mol. The SMILES string of the molecule is COc1cc(/C=C2/CN(C(=O)OC(C)C)C(Cc3cc(OC)c(OC)c(C)c3OC)C(=O)N2Cc2ccccc2)c(OC)c(C)c1OC. The molecule has 258 valence electrons. The molecule has 2 amide bonds. The number of ether oxygens (including phenoxy) is 7. The zero-order valence-electron chi connectivity index (χ0n) is 29.5. The number of hydrogen-bond donors (Lipinski definition) is 0. The largest absolute Gasteiger partial charge is 0.496 e. The van der Waals surface area contributed by atoms with Gasteiger partial charge >= 0.3 is 6.09 Å². The van der Waals surface area contributed by atoms with E-state index >= 15 is 0 Å². The van der Waals surface area contributed by atoms with Crippen molar-refractivity contribution >= 4 is 18.1 Å². The van der Waals surface area contributed by atoms with Gasteiger partial charge in [-0.15, -0.1) is 0 Å². The Morgan fingerprint density at radius 1 is 0.812 bits per heavy atom. The Bertz CT molecular complexity index is 1650. The third-order valence-electron chi connectivity index (χ3n) is 8.31. The lowest BCUT2D eigenvalue weighted by atomic mass is 9.96. The van der Waals surface area contributed by atoms with Crippen molar-refractivity contribution in [1.29, 1.82) is 0 Å². The average molecular weight is 663 g/mol. The molecule has 0 saturated carbocycles. The van der Waals surface area contributed by atoms with Gasteiger partial charge in [-0.1, -0.05) is 30.3 Å². The summed E-state index contributed by atoms with van der Waals surface area (Å²) in [6.45, 7) is 7.62. The third kappa shape index (κ3) is 7.25. The Hall–Kier alpha value is -5.06. The van der Waals surface area contributed by atoms with E-state index in [4.69, 9.17) is 33.2 Å². The lowest BCUT2D eigenvalue weighted by Gasteiger charge is -2.42. The fourth-order valence-electron chi connectivity index (χ4n) is 6.16. The van der Waals surface area contributed by atoms with Gasteiger partial charge in [0.15, 0.2) is 23.0 Å². The van der Waals surface area contributed by atoms with Gasteiger partial charge in [-0.05, 0) is 51.5 Å². The molecule has 1 saturated heterocycles. The molecule has 1 aliphatic rings. The summed E-state index contributed by atoms with van der Waals surface area (Å²) in [5.41, 5.74) is 4.27. The van der Waals surface area contributed by atoms with Crippen LogP contribution in [0.15, 0.2) is 48.2 Å². The fraction of sp³-hybridized carbons (Fsp3) is 0.405. The maximum atomic E-state index is 14.8. The highest BCUT2D eigenvalue weighted by Crippen LogP contribution is 2.43. The molecule has 0 radical (unpaired) electrons. The zero-order valence-corrected chi connectivity index (χ0v) is 29.5. The first-order valence-corrected chi connectivity index (χ1v) is 15.6. The molecule has 3 aromatic carbocycles. The van der Waals surface area contributed by atoms with Gasteiger partial charge in [0, 0.05) is 34.4 Å². The van der Waals surface area contributed by atoms with Crippen molar-refractivity contribution in [3.8, 4) is 34.5 Å². The van der Waals surface area contributed by atoms with Gasteiger partial charge in [0.05, 0.1) is 61.9 Å². The lowest BCUT2D eigenvalue weighted by Crippen LogP contribution is -2.58. The molecule has 1 atom stereocenters. The number of piperazine rings is 1. The fourth-order valence-corrected chi connectivity index (χ4v) is 6.16. The molecule has 1 unspecified atom stereocenters. The topological polar surface area (TPSA) is 105 Å². The summed E-state index contributed by atoms with van der Waals surface area (Å²) in [6.07, 6.45) is 0.963. The van der Waals surface area contributed by atoms with Crippen molar-refractivity contribution in [3.63, 3.8) is 0 Å². The first kappa shape index (κ1) is 35.8. The molecule has 0 aromatic heterocycles. The molecule has 11 nitrogen and oxygen atoms in total. The van der Waals surface area contributed by atoms with Crippen LogP contribution in [0, 0.1) is 13.8 Å². The third-order valence-corrected chi connectivity index (χ3v) is 8.31. The highest BCUT2D eigenvalue weighted by atomic mass is 16.6. The van der Waals surface area contributed by atoms with Crippen LogP contribution in [0.4, 0.5) is 4.79 Å². The van der Waals surface area contributed by atoms with Gasteiger partial charge in [0.25, 0.3) is 0 Å². The van der Waals surface area contributed by atoms with Crippen LogP contribution < -0.4 is 28.4 Å². The molecule has 0 N–H and O–H groups in total. The maximum Gasteiger partial charge on any atom is 0.411 e.